The average Bonchev–Trinajstić information content (AvgIpc) is 2.55. The van der Waals surface area contributed by atoms with E-state index in [1.807, 2.05) is 12.1 Å². The second-order valence-corrected chi connectivity index (χ2v) is 6.87. The van der Waals surface area contributed by atoms with Crippen molar-refractivity contribution in [2.75, 3.05) is 6.61 Å². The van der Waals surface area contributed by atoms with Gasteiger partial charge >= 0.3 is 6.61 Å². The number of ether oxygens (including phenoxy) is 2. The Balaban J connectivity index is 1.57. The Labute approximate surface area is 137 Å². The van der Waals surface area contributed by atoms with Crippen molar-refractivity contribution in [3.05, 3.63) is 29.8 Å². The molecule has 2 saturated carbocycles. The lowest BCUT2D eigenvalue weighted by molar-refractivity contribution is -0.0498. The van der Waals surface area contributed by atoms with Crippen molar-refractivity contribution in [3.63, 3.8) is 0 Å². The molecule has 2 aliphatic carbocycles. The van der Waals surface area contributed by atoms with Crippen LogP contribution in [0.4, 0.5) is 8.78 Å². The topological polar surface area (TPSA) is 18.5 Å². The average molecular weight is 324 g/mol. The molecule has 0 amide bonds. The van der Waals surface area contributed by atoms with E-state index in [2.05, 4.69) is 11.7 Å². The summed E-state index contributed by atoms with van der Waals surface area (Å²) in [7, 11) is 0. The summed E-state index contributed by atoms with van der Waals surface area (Å²) in [4.78, 5) is 0. The van der Waals surface area contributed by atoms with Gasteiger partial charge < -0.3 is 9.47 Å². The van der Waals surface area contributed by atoms with Crippen LogP contribution >= 0.6 is 0 Å². The van der Waals surface area contributed by atoms with Gasteiger partial charge in [0, 0.05) is 6.61 Å². The number of rotatable bonds is 5. The van der Waals surface area contributed by atoms with Gasteiger partial charge in [-0.15, -0.1) is 0 Å². The van der Waals surface area contributed by atoms with Crippen molar-refractivity contribution < 1.29 is 18.3 Å². The minimum absolute atomic E-state index is 0.245. The lowest BCUT2D eigenvalue weighted by Gasteiger charge is -2.42. The monoisotopic (exact) mass is 324 g/mol. The highest BCUT2D eigenvalue weighted by Crippen LogP contribution is 2.46. The SMILES string of the molecule is CCOC1CCC2CC(c3ccc(OC(F)F)cc3)CCC2C1. The normalized spacial score (nSPS) is 31.0. The second kappa shape index (κ2) is 7.61. The molecule has 2 nitrogen and oxygen atoms in total. The van der Waals surface area contributed by atoms with Crippen LogP contribution in [-0.2, 0) is 4.74 Å². The van der Waals surface area contributed by atoms with Crippen LogP contribution in [0.1, 0.15) is 56.9 Å². The zero-order chi connectivity index (χ0) is 16.2. The molecule has 4 unspecified atom stereocenters. The molecule has 4 heteroatoms. The minimum Gasteiger partial charge on any atom is -0.435 e. The Bertz CT molecular complexity index is 489. The number of hydrogen-bond acceptors (Lipinski definition) is 2. The van der Waals surface area contributed by atoms with E-state index >= 15 is 0 Å². The minimum atomic E-state index is -2.75. The lowest BCUT2D eigenvalue weighted by atomic mass is 9.65. The van der Waals surface area contributed by atoms with Crippen LogP contribution < -0.4 is 4.74 Å². The largest absolute Gasteiger partial charge is 0.435 e. The summed E-state index contributed by atoms with van der Waals surface area (Å²) < 4.78 is 34.7. The maximum atomic E-state index is 12.2. The Hall–Kier alpha value is -1.16. The smallest absolute Gasteiger partial charge is 0.387 e. The van der Waals surface area contributed by atoms with Gasteiger partial charge in [-0.25, -0.2) is 0 Å². The molecule has 3 rings (SSSR count). The first-order chi connectivity index (χ1) is 11.2. The van der Waals surface area contributed by atoms with Gasteiger partial charge in [-0.05, 0) is 80.9 Å². The fourth-order valence-corrected chi connectivity index (χ4v) is 4.46. The number of fused-ring (bicyclic) bond motifs is 1. The summed E-state index contributed by atoms with van der Waals surface area (Å²) in [6.07, 6.45) is 7.79. The number of alkyl halides is 2. The molecule has 0 saturated heterocycles. The zero-order valence-corrected chi connectivity index (χ0v) is 13.7. The molecule has 0 N–H and O–H groups in total. The molecule has 0 radical (unpaired) electrons. The summed E-state index contributed by atoms with van der Waals surface area (Å²) in [5, 5.41) is 0. The van der Waals surface area contributed by atoms with E-state index in [0.29, 0.717) is 12.0 Å². The Morgan fingerprint density at radius 1 is 1.00 bits per heavy atom. The third kappa shape index (κ3) is 4.23. The van der Waals surface area contributed by atoms with E-state index in [-0.39, 0.29) is 5.75 Å². The molecule has 2 fully saturated rings. The fourth-order valence-electron chi connectivity index (χ4n) is 4.46. The Morgan fingerprint density at radius 2 is 1.70 bits per heavy atom. The van der Waals surface area contributed by atoms with Crippen LogP contribution in [0.2, 0.25) is 0 Å². The molecule has 0 bridgehead atoms. The zero-order valence-electron chi connectivity index (χ0n) is 13.7. The summed E-state index contributed by atoms with van der Waals surface area (Å²) in [6, 6.07) is 7.24. The van der Waals surface area contributed by atoms with Crippen LogP contribution in [0.5, 0.6) is 5.75 Å². The maximum absolute atomic E-state index is 12.2. The van der Waals surface area contributed by atoms with Gasteiger partial charge in [0.1, 0.15) is 5.75 Å². The molecule has 128 valence electrons. The van der Waals surface area contributed by atoms with Crippen LogP contribution in [0.15, 0.2) is 24.3 Å². The lowest BCUT2D eigenvalue weighted by Crippen LogP contribution is -2.33. The molecule has 2 aliphatic rings. The Kier molecular flexibility index (Phi) is 5.52. The first-order valence-electron chi connectivity index (χ1n) is 8.82. The third-order valence-corrected chi connectivity index (χ3v) is 5.54. The maximum Gasteiger partial charge on any atom is 0.387 e. The summed E-state index contributed by atoms with van der Waals surface area (Å²) in [6.45, 7) is 0.138. The van der Waals surface area contributed by atoms with Crippen molar-refractivity contribution in [1.29, 1.82) is 0 Å². The van der Waals surface area contributed by atoms with Crippen molar-refractivity contribution in [3.8, 4) is 5.75 Å². The van der Waals surface area contributed by atoms with Crippen molar-refractivity contribution in [1.82, 2.24) is 0 Å². The Morgan fingerprint density at radius 3 is 2.39 bits per heavy atom. The van der Waals surface area contributed by atoms with E-state index in [1.54, 1.807) is 12.1 Å². The first kappa shape index (κ1) is 16.7. The summed E-state index contributed by atoms with van der Waals surface area (Å²) in [5.41, 5.74) is 1.26. The molecule has 1 aromatic rings. The van der Waals surface area contributed by atoms with Crippen molar-refractivity contribution in [2.24, 2.45) is 11.8 Å². The molecule has 0 heterocycles. The first-order valence-corrected chi connectivity index (χ1v) is 8.82. The second-order valence-electron chi connectivity index (χ2n) is 6.87. The van der Waals surface area contributed by atoms with Gasteiger partial charge in [0.2, 0.25) is 0 Å². The third-order valence-electron chi connectivity index (χ3n) is 5.54. The van der Waals surface area contributed by atoms with Gasteiger partial charge in [-0.2, -0.15) is 8.78 Å². The van der Waals surface area contributed by atoms with Gasteiger partial charge in [-0.3, -0.25) is 0 Å². The molecule has 0 aromatic heterocycles. The molecule has 23 heavy (non-hydrogen) atoms. The van der Waals surface area contributed by atoms with E-state index in [0.717, 1.165) is 18.4 Å². The highest BCUT2D eigenvalue weighted by molar-refractivity contribution is 5.30. The number of halogens is 2. The van der Waals surface area contributed by atoms with Gasteiger partial charge in [-0.1, -0.05) is 12.1 Å². The standard InChI is InChI=1S/C19H26F2O2/c1-2-22-18-10-7-15-11-14(3-4-16(15)12-18)13-5-8-17(9-6-13)23-19(20)21/h5-6,8-9,14-16,18-19H,2-4,7,10-12H2,1H3. The number of hydrogen-bond donors (Lipinski definition) is 0. The van der Waals surface area contributed by atoms with Crippen molar-refractivity contribution >= 4 is 0 Å². The predicted molar refractivity (Wildman–Crippen MR) is 85.9 cm³/mol. The quantitative estimate of drug-likeness (QED) is 0.724. The van der Waals surface area contributed by atoms with E-state index < -0.39 is 6.61 Å². The summed E-state index contributed by atoms with van der Waals surface area (Å²) >= 11 is 0. The molecule has 0 aliphatic heterocycles. The van der Waals surface area contributed by atoms with Crippen LogP contribution in [0.25, 0.3) is 0 Å². The highest BCUT2D eigenvalue weighted by Gasteiger charge is 2.36. The van der Waals surface area contributed by atoms with E-state index in [9.17, 15) is 8.78 Å². The fraction of sp³-hybridized carbons (Fsp3) is 0.684. The van der Waals surface area contributed by atoms with Crippen LogP contribution in [0.3, 0.4) is 0 Å². The van der Waals surface area contributed by atoms with Gasteiger partial charge in [0.15, 0.2) is 0 Å². The predicted octanol–water partition coefficient (Wildman–Crippen LogP) is 5.38. The molecule has 4 atom stereocenters. The highest BCUT2D eigenvalue weighted by atomic mass is 19.3. The molecular formula is C19H26F2O2. The van der Waals surface area contributed by atoms with Gasteiger partial charge in [0.05, 0.1) is 6.10 Å². The summed E-state index contributed by atoms with van der Waals surface area (Å²) in [5.74, 6) is 2.40. The van der Waals surface area contributed by atoms with E-state index in [1.165, 1.54) is 44.1 Å². The van der Waals surface area contributed by atoms with Crippen LogP contribution in [0, 0.1) is 11.8 Å². The van der Waals surface area contributed by atoms with Crippen molar-refractivity contribution in [2.45, 2.75) is 64.1 Å². The van der Waals surface area contributed by atoms with Gasteiger partial charge in [0.25, 0.3) is 0 Å². The number of benzene rings is 1. The van der Waals surface area contributed by atoms with Crippen LogP contribution in [-0.4, -0.2) is 19.3 Å². The molecule has 1 aromatic carbocycles. The molecular weight excluding hydrogens is 298 g/mol. The molecule has 0 spiro atoms. The van der Waals surface area contributed by atoms with E-state index in [4.69, 9.17) is 4.74 Å².